The number of nitrogens with one attached hydrogen (secondary N) is 1. The van der Waals surface area contributed by atoms with E-state index in [1.807, 2.05) is 0 Å². The summed E-state index contributed by atoms with van der Waals surface area (Å²) in [7, 11) is 0. The van der Waals surface area contributed by atoms with E-state index in [2.05, 4.69) is 73.8 Å². The quantitative estimate of drug-likeness (QED) is 0.900. The molecule has 2 nitrogen and oxygen atoms in total. The lowest BCUT2D eigenvalue weighted by Crippen LogP contribution is -2.19. The van der Waals surface area contributed by atoms with Crippen molar-refractivity contribution in [1.82, 2.24) is 5.32 Å². The van der Waals surface area contributed by atoms with Gasteiger partial charge < -0.3 is 10.1 Å². The van der Waals surface area contributed by atoms with Crippen LogP contribution in [0.15, 0.2) is 54.6 Å². The van der Waals surface area contributed by atoms with Gasteiger partial charge in [-0.05, 0) is 36.2 Å². The number of ether oxygens (including phenoxy) is 1. The molecule has 1 heterocycles. The summed E-state index contributed by atoms with van der Waals surface area (Å²) in [5.74, 6) is 1.62. The van der Waals surface area contributed by atoms with Gasteiger partial charge in [-0.15, -0.1) is 0 Å². The zero-order chi connectivity index (χ0) is 15.4. The van der Waals surface area contributed by atoms with Crippen LogP contribution in [0.25, 0.3) is 0 Å². The average Bonchev–Trinajstić information content (AvgIpc) is 3.08. The SMILES string of the molecule is CC(C)(c1ccccc1)c1ccc(OCC2CCNC2)cc1. The van der Waals surface area contributed by atoms with E-state index >= 15 is 0 Å². The molecule has 1 unspecified atom stereocenters. The van der Waals surface area contributed by atoms with Gasteiger partial charge in [0.15, 0.2) is 0 Å². The Hall–Kier alpha value is -1.80. The van der Waals surface area contributed by atoms with Crippen molar-refractivity contribution in [3.8, 4) is 5.75 Å². The van der Waals surface area contributed by atoms with Crippen LogP contribution < -0.4 is 10.1 Å². The molecule has 1 fully saturated rings. The second kappa shape index (κ2) is 6.53. The van der Waals surface area contributed by atoms with E-state index in [0.29, 0.717) is 5.92 Å². The monoisotopic (exact) mass is 295 g/mol. The summed E-state index contributed by atoms with van der Waals surface area (Å²) in [5.41, 5.74) is 2.66. The van der Waals surface area contributed by atoms with Crippen LogP contribution in [0.1, 0.15) is 31.4 Å². The largest absolute Gasteiger partial charge is 0.493 e. The number of hydrogen-bond donors (Lipinski definition) is 1. The minimum absolute atomic E-state index is 0.00909. The van der Waals surface area contributed by atoms with Crippen LogP contribution in [0.2, 0.25) is 0 Å². The molecule has 1 atom stereocenters. The molecule has 2 aromatic carbocycles. The van der Waals surface area contributed by atoms with Crippen molar-refractivity contribution < 1.29 is 4.74 Å². The maximum atomic E-state index is 5.92. The highest BCUT2D eigenvalue weighted by Crippen LogP contribution is 2.32. The first-order valence-corrected chi connectivity index (χ1v) is 8.16. The van der Waals surface area contributed by atoms with Gasteiger partial charge in [0.2, 0.25) is 0 Å². The van der Waals surface area contributed by atoms with Crippen molar-refractivity contribution in [2.45, 2.75) is 25.7 Å². The van der Waals surface area contributed by atoms with E-state index in [9.17, 15) is 0 Å². The Morgan fingerprint density at radius 3 is 2.32 bits per heavy atom. The third-order valence-corrected chi connectivity index (χ3v) is 4.72. The fraction of sp³-hybridized carbons (Fsp3) is 0.400. The Morgan fingerprint density at radius 1 is 1.00 bits per heavy atom. The van der Waals surface area contributed by atoms with Crippen molar-refractivity contribution in [2.75, 3.05) is 19.7 Å². The summed E-state index contributed by atoms with van der Waals surface area (Å²) in [4.78, 5) is 0. The van der Waals surface area contributed by atoms with E-state index in [1.54, 1.807) is 0 Å². The van der Waals surface area contributed by atoms with Crippen LogP contribution in [0, 0.1) is 5.92 Å². The van der Waals surface area contributed by atoms with Gasteiger partial charge in [-0.25, -0.2) is 0 Å². The molecule has 2 aromatic rings. The van der Waals surface area contributed by atoms with Crippen molar-refractivity contribution in [1.29, 1.82) is 0 Å². The van der Waals surface area contributed by atoms with E-state index in [1.165, 1.54) is 17.5 Å². The highest BCUT2D eigenvalue weighted by Gasteiger charge is 2.22. The molecule has 3 rings (SSSR count). The predicted octanol–water partition coefficient (Wildman–Crippen LogP) is 4.00. The van der Waals surface area contributed by atoms with Gasteiger partial charge in [0.05, 0.1) is 6.61 Å². The molecule has 0 spiro atoms. The second-order valence-corrected chi connectivity index (χ2v) is 6.69. The van der Waals surface area contributed by atoms with Gasteiger partial charge in [0.25, 0.3) is 0 Å². The molecule has 1 N–H and O–H groups in total. The van der Waals surface area contributed by atoms with Crippen LogP contribution in [0.5, 0.6) is 5.75 Å². The Morgan fingerprint density at radius 2 is 1.68 bits per heavy atom. The Labute approximate surface area is 133 Å². The van der Waals surface area contributed by atoms with E-state index in [-0.39, 0.29) is 5.41 Å². The van der Waals surface area contributed by atoms with E-state index < -0.39 is 0 Å². The van der Waals surface area contributed by atoms with Crippen LogP contribution >= 0.6 is 0 Å². The Bertz CT molecular complexity index is 583. The van der Waals surface area contributed by atoms with Gasteiger partial charge in [-0.3, -0.25) is 0 Å². The first kappa shape index (κ1) is 15.1. The minimum atomic E-state index is 0.00909. The lowest BCUT2D eigenvalue weighted by Gasteiger charge is -2.26. The standard InChI is InChI=1S/C20H25NO/c1-20(2,17-6-4-3-5-7-17)18-8-10-19(11-9-18)22-15-16-12-13-21-14-16/h3-11,16,21H,12-15H2,1-2H3. The van der Waals surface area contributed by atoms with Crippen LogP contribution in [0.4, 0.5) is 0 Å². The minimum Gasteiger partial charge on any atom is -0.493 e. The van der Waals surface area contributed by atoms with Crippen molar-refractivity contribution in [3.05, 3.63) is 65.7 Å². The summed E-state index contributed by atoms with van der Waals surface area (Å²) in [6.45, 7) is 7.55. The van der Waals surface area contributed by atoms with Crippen molar-refractivity contribution in [3.63, 3.8) is 0 Å². The van der Waals surface area contributed by atoms with Crippen LogP contribution in [-0.4, -0.2) is 19.7 Å². The molecular weight excluding hydrogens is 270 g/mol. The highest BCUT2D eigenvalue weighted by molar-refractivity contribution is 5.39. The first-order valence-electron chi connectivity index (χ1n) is 8.16. The average molecular weight is 295 g/mol. The third-order valence-electron chi connectivity index (χ3n) is 4.72. The predicted molar refractivity (Wildman–Crippen MR) is 91.5 cm³/mol. The highest BCUT2D eigenvalue weighted by atomic mass is 16.5. The maximum Gasteiger partial charge on any atom is 0.119 e. The van der Waals surface area contributed by atoms with Crippen molar-refractivity contribution in [2.24, 2.45) is 5.92 Å². The molecule has 0 aromatic heterocycles. The fourth-order valence-electron chi connectivity index (χ4n) is 3.06. The van der Waals surface area contributed by atoms with Gasteiger partial charge >= 0.3 is 0 Å². The van der Waals surface area contributed by atoms with Gasteiger partial charge in [-0.2, -0.15) is 0 Å². The van der Waals surface area contributed by atoms with E-state index in [4.69, 9.17) is 4.74 Å². The van der Waals surface area contributed by atoms with Gasteiger partial charge in [0, 0.05) is 17.9 Å². The molecule has 0 amide bonds. The summed E-state index contributed by atoms with van der Waals surface area (Å²) in [6.07, 6.45) is 1.22. The molecule has 0 aliphatic carbocycles. The lowest BCUT2D eigenvalue weighted by molar-refractivity contribution is 0.260. The molecule has 0 radical (unpaired) electrons. The molecule has 116 valence electrons. The molecule has 2 heteroatoms. The third kappa shape index (κ3) is 3.33. The molecule has 0 saturated carbocycles. The molecule has 1 aliphatic heterocycles. The maximum absolute atomic E-state index is 5.92. The molecule has 1 aliphatic rings. The topological polar surface area (TPSA) is 21.3 Å². The first-order chi connectivity index (χ1) is 10.7. The fourth-order valence-corrected chi connectivity index (χ4v) is 3.06. The molecule has 1 saturated heterocycles. The Kier molecular flexibility index (Phi) is 4.49. The van der Waals surface area contributed by atoms with E-state index in [0.717, 1.165) is 25.4 Å². The summed E-state index contributed by atoms with van der Waals surface area (Å²) in [6, 6.07) is 19.2. The van der Waals surface area contributed by atoms with Gasteiger partial charge in [0.1, 0.15) is 5.75 Å². The number of rotatable bonds is 5. The zero-order valence-corrected chi connectivity index (χ0v) is 13.5. The summed E-state index contributed by atoms with van der Waals surface area (Å²) >= 11 is 0. The molecule has 0 bridgehead atoms. The number of hydrogen-bond acceptors (Lipinski definition) is 2. The smallest absolute Gasteiger partial charge is 0.119 e. The Balaban J connectivity index is 1.68. The lowest BCUT2D eigenvalue weighted by atomic mass is 9.78. The van der Waals surface area contributed by atoms with Crippen molar-refractivity contribution >= 4 is 0 Å². The van der Waals surface area contributed by atoms with Crippen LogP contribution in [0.3, 0.4) is 0 Å². The summed E-state index contributed by atoms with van der Waals surface area (Å²) in [5, 5.41) is 3.38. The molecular formula is C20H25NO. The van der Waals surface area contributed by atoms with Gasteiger partial charge in [-0.1, -0.05) is 56.3 Å². The number of benzene rings is 2. The zero-order valence-electron chi connectivity index (χ0n) is 13.5. The molecule has 22 heavy (non-hydrogen) atoms. The normalized spacial score (nSPS) is 18.4. The summed E-state index contributed by atoms with van der Waals surface area (Å²) < 4.78 is 5.92. The second-order valence-electron chi connectivity index (χ2n) is 6.69. The van der Waals surface area contributed by atoms with Crippen LogP contribution in [-0.2, 0) is 5.41 Å².